The number of hydrogen-bond donors (Lipinski definition) is 1. The first-order chi connectivity index (χ1) is 7.70. The van der Waals surface area contributed by atoms with E-state index in [2.05, 4.69) is 0 Å². The molecule has 0 heterocycles. The Labute approximate surface area is 92.2 Å². The molecule has 0 aromatic heterocycles. The van der Waals surface area contributed by atoms with Crippen LogP contribution in [0.1, 0.15) is 5.56 Å². The summed E-state index contributed by atoms with van der Waals surface area (Å²) >= 11 is 0. The van der Waals surface area contributed by atoms with Gasteiger partial charge in [-0.25, -0.2) is 4.39 Å². The molecule has 3 heteroatoms. The van der Waals surface area contributed by atoms with Gasteiger partial charge in [-0.15, -0.1) is 0 Å². The molecular formula is C13H8FNO. The summed E-state index contributed by atoms with van der Waals surface area (Å²) in [5.41, 5.74) is 1.66. The van der Waals surface area contributed by atoms with E-state index in [0.29, 0.717) is 16.7 Å². The third-order valence-corrected chi connectivity index (χ3v) is 2.28. The summed E-state index contributed by atoms with van der Waals surface area (Å²) in [6, 6.07) is 12.3. The minimum atomic E-state index is -0.334. The molecule has 78 valence electrons. The van der Waals surface area contributed by atoms with E-state index in [9.17, 15) is 9.50 Å². The molecule has 0 fully saturated rings. The zero-order valence-corrected chi connectivity index (χ0v) is 8.31. The van der Waals surface area contributed by atoms with Crippen molar-refractivity contribution in [2.45, 2.75) is 0 Å². The van der Waals surface area contributed by atoms with Crippen molar-refractivity contribution in [1.82, 2.24) is 0 Å². The van der Waals surface area contributed by atoms with Gasteiger partial charge in [0, 0.05) is 5.56 Å². The lowest BCUT2D eigenvalue weighted by atomic mass is 10.0. The maximum absolute atomic E-state index is 12.7. The van der Waals surface area contributed by atoms with E-state index in [1.807, 2.05) is 6.07 Å². The van der Waals surface area contributed by atoms with Crippen molar-refractivity contribution in [3.05, 3.63) is 53.8 Å². The molecule has 0 spiro atoms. The van der Waals surface area contributed by atoms with Crippen LogP contribution in [0, 0.1) is 17.1 Å². The number of nitrogens with zero attached hydrogens (tertiary/aromatic N) is 1. The third kappa shape index (κ3) is 1.86. The standard InChI is InChI=1S/C13H8FNO/c14-11-4-2-10(3-5-11)12-7-9(8-15)1-6-13(12)16/h1-7,16H. The number of nitriles is 1. The topological polar surface area (TPSA) is 44.0 Å². The molecule has 0 saturated carbocycles. The molecule has 2 nitrogen and oxygen atoms in total. The first-order valence-corrected chi connectivity index (χ1v) is 4.70. The zero-order chi connectivity index (χ0) is 11.5. The molecule has 2 aromatic rings. The minimum Gasteiger partial charge on any atom is -0.507 e. The van der Waals surface area contributed by atoms with Gasteiger partial charge in [0.25, 0.3) is 0 Å². The highest BCUT2D eigenvalue weighted by molar-refractivity contribution is 5.71. The van der Waals surface area contributed by atoms with Crippen molar-refractivity contribution >= 4 is 0 Å². The molecule has 2 aromatic carbocycles. The second kappa shape index (κ2) is 4.03. The van der Waals surface area contributed by atoms with Gasteiger partial charge < -0.3 is 5.11 Å². The summed E-state index contributed by atoms with van der Waals surface area (Å²) in [5, 5.41) is 18.4. The number of hydrogen-bond acceptors (Lipinski definition) is 2. The largest absolute Gasteiger partial charge is 0.507 e. The first kappa shape index (κ1) is 10.2. The third-order valence-electron chi connectivity index (χ3n) is 2.28. The lowest BCUT2D eigenvalue weighted by Crippen LogP contribution is -1.82. The van der Waals surface area contributed by atoms with E-state index in [-0.39, 0.29) is 11.6 Å². The van der Waals surface area contributed by atoms with Gasteiger partial charge in [0.05, 0.1) is 11.6 Å². The van der Waals surface area contributed by atoms with Gasteiger partial charge >= 0.3 is 0 Å². The molecule has 0 amide bonds. The van der Waals surface area contributed by atoms with Gasteiger partial charge in [-0.05, 0) is 35.9 Å². The maximum Gasteiger partial charge on any atom is 0.123 e. The number of phenols is 1. The smallest absolute Gasteiger partial charge is 0.123 e. The van der Waals surface area contributed by atoms with E-state index in [4.69, 9.17) is 5.26 Å². The Morgan fingerprint density at radius 2 is 1.75 bits per heavy atom. The quantitative estimate of drug-likeness (QED) is 0.791. The lowest BCUT2D eigenvalue weighted by molar-refractivity contribution is 0.477. The SMILES string of the molecule is N#Cc1ccc(O)c(-c2ccc(F)cc2)c1. The molecule has 0 aliphatic rings. The van der Waals surface area contributed by atoms with Crippen LogP contribution in [-0.2, 0) is 0 Å². The van der Waals surface area contributed by atoms with Crippen molar-refractivity contribution in [3.63, 3.8) is 0 Å². The van der Waals surface area contributed by atoms with E-state index < -0.39 is 0 Å². The van der Waals surface area contributed by atoms with Gasteiger partial charge in [0.15, 0.2) is 0 Å². The van der Waals surface area contributed by atoms with E-state index in [1.165, 1.54) is 24.3 Å². The monoisotopic (exact) mass is 213 g/mol. The summed E-state index contributed by atoms with van der Waals surface area (Å²) in [6.45, 7) is 0. The predicted octanol–water partition coefficient (Wildman–Crippen LogP) is 3.07. The number of benzene rings is 2. The van der Waals surface area contributed by atoms with Gasteiger partial charge in [0.1, 0.15) is 11.6 Å². The van der Waals surface area contributed by atoms with Gasteiger partial charge in [-0.3, -0.25) is 0 Å². The van der Waals surface area contributed by atoms with Crippen LogP contribution in [0.25, 0.3) is 11.1 Å². The average molecular weight is 213 g/mol. The molecule has 0 atom stereocenters. The Kier molecular flexibility index (Phi) is 2.57. The molecular weight excluding hydrogens is 205 g/mol. The molecule has 0 bridgehead atoms. The summed E-state index contributed by atoms with van der Waals surface area (Å²) in [6.07, 6.45) is 0. The summed E-state index contributed by atoms with van der Waals surface area (Å²) in [7, 11) is 0. The van der Waals surface area contributed by atoms with Crippen molar-refractivity contribution in [3.8, 4) is 22.9 Å². The Morgan fingerprint density at radius 3 is 2.38 bits per heavy atom. The van der Waals surface area contributed by atoms with Crippen LogP contribution in [-0.4, -0.2) is 5.11 Å². The summed E-state index contributed by atoms with van der Waals surface area (Å²) in [4.78, 5) is 0. The highest BCUT2D eigenvalue weighted by Crippen LogP contribution is 2.29. The van der Waals surface area contributed by atoms with Gasteiger partial charge in [0.2, 0.25) is 0 Å². The highest BCUT2D eigenvalue weighted by atomic mass is 19.1. The normalized spacial score (nSPS) is 9.75. The maximum atomic E-state index is 12.7. The fourth-order valence-electron chi connectivity index (χ4n) is 1.47. The van der Waals surface area contributed by atoms with Crippen molar-refractivity contribution < 1.29 is 9.50 Å². The van der Waals surface area contributed by atoms with Crippen molar-refractivity contribution in [2.24, 2.45) is 0 Å². The second-order valence-corrected chi connectivity index (χ2v) is 3.35. The van der Waals surface area contributed by atoms with Gasteiger partial charge in [-0.2, -0.15) is 5.26 Å². The van der Waals surface area contributed by atoms with E-state index in [1.54, 1.807) is 18.2 Å². The molecule has 0 saturated heterocycles. The Bertz CT molecular complexity index is 555. The fraction of sp³-hybridized carbons (Fsp3) is 0. The van der Waals surface area contributed by atoms with Crippen molar-refractivity contribution in [1.29, 1.82) is 5.26 Å². The second-order valence-electron chi connectivity index (χ2n) is 3.35. The summed E-state index contributed by atoms with van der Waals surface area (Å²) in [5.74, 6) is -0.259. The van der Waals surface area contributed by atoms with Crippen LogP contribution >= 0.6 is 0 Å². The Morgan fingerprint density at radius 1 is 1.06 bits per heavy atom. The van der Waals surface area contributed by atoms with Crippen LogP contribution in [0.15, 0.2) is 42.5 Å². The van der Waals surface area contributed by atoms with E-state index in [0.717, 1.165) is 0 Å². The lowest BCUT2D eigenvalue weighted by Gasteiger charge is -2.04. The van der Waals surface area contributed by atoms with Crippen LogP contribution in [0.3, 0.4) is 0 Å². The predicted molar refractivity (Wildman–Crippen MR) is 58.2 cm³/mol. The minimum absolute atomic E-state index is 0.0746. The molecule has 0 aliphatic heterocycles. The summed E-state index contributed by atoms with van der Waals surface area (Å²) < 4.78 is 12.7. The number of phenolic OH excluding ortho intramolecular Hbond substituents is 1. The average Bonchev–Trinajstić information content (AvgIpc) is 2.31. The number of aromatic hydroxyl groups is 1. The highest BCUT2D eigenvalue weighted by Gasteiger charge is 2.05. The van der Waals surface area contributed by atoms with Crippen molar-refractivity contribution in [2.75, 3.05) is 0 Å². The molecule has 0 aliphatic carbocycles. The molecule has 1 N–H and O–H groups in total. The molecule has 0 unspecified atom stereocenters. The molecule has 16 heavy (non-hydrogen) atoms. The van der Waals surface area contributed by atoms with E-state index >= 15 is 0 Å². The fourth-order valence-corrected chi connectivity index (χ4v) is 1.47. The van der Waals surface area contributed by atoms with Crippen LogP contribution in [0.4, 0.5) is 4.39 Å². The van der Waals surface area contributed by atoms with Crippen LogP contribution in [0.2, 0.25) is 0 Å². The Balaban J connectivity index is 2.55. The van der Waals surface area contributed by atoms with Crippen LogP contribution < -0.4 is 0 Å². The first-order valence-electron chi connectivity index (χ1n) is 4.70. The van der Waals surface area contributed by atoms with Gasteiger partial charge in [-0.1, -0.05) is 12.1 Å². The number of rotatable bonds is 1. The Hall–Kier alpha value is -2.34. The van der Waals surface area contributed by atoms with Crippen LogP contribution in [0.5, 0.6) is 5.75 Å². The number of halogens is 1. The zero-order valence-electron chi connectivity index (χ0n) is 8.31. The molecule has 2 rings (SSSR count). The molecule has 0 radical (unpaired) electrons.